The fourth-order valence-corrected chi connectivity index (χ4v) is 6.85. The first-order valence-electron chi connectivity index (χ1n) is 14.0. The largest absolute Gasteiger partial charge is 0.480 e. The summed E-state index contributed by atoms with van der Waals surface area (Å²) in [6.45, 7) is -0.650. The summed E-state index contributed by atoms with van der Waals surface area (Å²) < 4.78 is 62.6. The molecule has 4 aromatic rings. The zero-order chi connectivity index (χ0) is 36.2. The van der Waals surface area contributed by atoms with E-state index < -0.39 is 46.9 Å². The highest BCUT2D eigenvalue weighted by atomic mass is 35.5. The molecule has 1 atom stereocenters. The number of aliphatic carboxylic acids is 1. The van der Waals surface area contributed by atoms with Crippen LogP contribution in [0.1, 0.15) is 30.8 Å². The second kappa shape index (κ2) is 16.4. The number of nitrogens with zero attached hydrogens (tertiary/aromatic N) is 6. The molecule has 2 aromatic carbocycles. The fraction of sp³-hybridized carbons (Fsp3) is 0.357. The van der Waals surface area contributed by atoms with Gasteiger partial charge in [-0.15, -0.1) is 28.5 Å². The highest BCUT2D eigenvalue weighted by Crippen LogP contribution is 2.33. The number of ether oxygens (including phenoxy) is 1. The molecule has 1 N–H and O–H groups in total. The van der Waals surface area contributed by atoms with Gasteiger partial charge in [0.25, 0.3) is 0 Å². The lowest BCUT2D eigenvalue weighted by molar-refractivity contribution is -0.138. The molecule has 0 radical (unpaired) electrons. The van der Waals surface area contributed by atoms with Crippen molar-refractivity contribution in [2.45, 2.75) is 56.1 Å². The van der Waals surface area contributed by atoms with Crippen LogP contribution in [-0.2, 0) is 33.8 Å². The van der Waals surface area contributed by atoms with Crippen molar-refractivity contribution in [1.29, 1.82) is 0 Å². The van der Waals surface area contributed by atoms with E-state index in [4.69, 9.17) is 39.9 Å². The monoisotopic (exact) mass is 786 g/mol. The van der Waals surface area contributed by atoms with Gasteiger partial charge < -0.3 is 9.84 Å². The van der Waals surface area contributed by atoms with Gasteiger partial charge in [-0.3, -0.25) is 19.1 Å². The Balaban J connectivity index is 0.000000221. The molecule has 2 aromatic heterocycles. The van der Waals surface area contributed by atoms with Crippen LogP contribution < -0.4 is 15.4 Å². The number of esters is 1. The van der Waals surface area contributed by atoms with Gasteiger partial charge >= 0.3 is 29.1 Å². The van der Waals surface area contributed by atoms with Crippen LogP contribution in [0.3, 0.4) is 0 Å². The average Bonchev–Trinajstić information content (AvgIpc) is 3.53. The Morgan fingerprint density at radius 1 is 1.08 bits per heavy atom. The number of hydrogen-bond acceptors (Lipinski definition) is 9. The maximum atomic E-state index is 14.3. The van der Waals surface area contributed by atoms with E-state index in [1.165, 1.54) is 13.2 Å². The number of hydrogen-bond donors (Lipinski definition) is 1. The van der Waals surface area contributed by atoms with Crippen LogP contribution in [0.25, 0.3) is 5.69 Å². The van der Waals surface area contributed by atoms with Crippen molar-refractivity contribution in [1.82, 2.24) is 23.7 Å². The third-order valence-electron chi connectivity index (χ3n) is 6.87. The molecule has 0 fully saturated rings. The minimum absolute atomic E-state index is 0.0605. The minimum atomic E-state index is -3.14. The van der Waals surface area contributed by atoms with E-state index in [1.807, 2.05) is 0 Å². The van der Waals surface area contributed by atoms with Gasteiger partial charge in [0.1, 0.15) is 28.4 Å². The molecule has 264 valence electrons. The Kier molecular flexibility index (Phi) is 12.8. The van der Waals surface area contributed by atoms with Crippen molar-refractivity contribution in [3.63, 3.8) is 0 Å². The summed E-state index contributed by atoms with van der Waals surface area (Å²) in [5, 5.41) is 11.2. The van der Waals surface area contributed by atoms with E-state index in [-0.39, 0.29) is 48.7 Å². The summed E-state index contributed by atoms with van der Waals surface area (Å²) in [7, 11) is 1.30. The van der Waals surface area contributed by atoms with Gasteiger partial charge in [-0.1, -0.05) is 23.2 Å². The molecule has 21 heteroatoms. The van der Waals surface area contributed by atoms with Crippen molar-refractivity contribution in [3.8, 4) is 5.69 Å². The fourth-order valence-electron chi connectivity index (χ4n) is 4.47. The molecule has 0 saturated heterocycles. The van der Waals surface area contributed by atoms with Crippen LogP contribution in [0, 0.1) is 18.6 Å². The number of carbonyl (C=O) groups excluding carboxylic acids is 1. The summed E-state index contributed by atoms with van der Waals surface area (Å²) in [6, 6.07) is 4.53. The summed E-state index contributed by atoms with van der Waals surface area (Å²) >= 11 is 19.6. The van der Waals surface area contributed by atoms with Crippen LogP contribution in [0.5, 0.6) is 0 Å². The molecule has 1 unspecified atom stereocenters. The lowest BCUT2D eigenvalue weighted by atomic mass is 10.1. The zero-order valence-corrected chi connectivity index (χ0v) is 29.2. The standard InChI is InChI=1S/C15H15ClFN3O3S2.C13H10Cl2F3N3O3/c1-23-13(21)8-24-12-7-11(10(17)6-9(12)16)18-14-19-4-2-3-5-20(19)15(22)25-14;1-5-19-21(13(24)20(5)12(17)18)10-3-6(2-8(15)11(22)23)7(14)4-9(10)16/h6-7H,2-5,8H2,1H3;3-4,8,12H,2H2,1H3,(H,22,23)/b18-14-;. The Labute approximate surface area is 297 Å². The van der Waals surface area contributed by atoms with Gasteiger partial charge in [0.2, 0.25) is 4.80 Å². The quantitative estimate of drug-likeness (QED) is 0.101. The third kappa shape index (κ3) is 8.97. The number of aryl methyl sites for hydroxylation is 1. The van der Waals surface area contributed by atoms with Gasteiger partial charge in [-0.2, -0.15) is 13.5 Å². The second-order valence-electron chi connectivity index (χ2n) is 10.1. The number of benzene rings is 2. The molecule has 3 heterocycles. The van der Waals surface area contributed by atoms with Crippen molar-refractivity contribution >= 4 is 75.5 Å². The average molecular weight is 788 g/mol. The number of fused-ring (bicyclic) bond motifs is 1. The number of halogens is 7. The molecule has 49 heavy (non-hydrogen) atoms. The molecular formula is C28H25Cl3F4N6O6S2. The van der Waals surface area contributed by atoms with Gasteiger partial charge in [0, 0.05) is 29.4 Å². The Morgan fingerprint density at radius 2 is 1.73 bits per heavy atom. The highest BCUT2D eigenvalue weighted by molar-refractivity contribution is 8.00. The Bertz CT molecular complexity index is 2080. The van der Waals surface area contributed by atoms with E-state index >= 15 is 0 Å². The smallest absolute Gasteiger partial charge is 0.355 e. The van der Waals surface area contributed by atoms with Crippen LogP contribution in [-0.4, -0.2) is 59.0 Å². The van der Waals surface area contributed by atoms with Crippen molar-refractivity contribution in [2.75, 3.05) is 12.9 Å². The second-order valence-corrected chi connectivity index (χ2v) is 13.4. The van der Waals surface area contributed by atoms with E-state index in [2.05, 4.69) is 14.8 Å². The Hall–Kier alpha value is -3.58. The van der Waals surface area contributed by atoms with Crippen molar-refractivity contribution in [2.24, 2.45) is 4.99 Å². The molecule has 0 saturated carbocycles. The number of methoxy groups -OCH3 is 1. The first-order valence-corrected chi connectivity index (χ1v) is 17.0. The minimum Gasteiger partial charge on any atom is -0.480 e. The van der Waals surface area contributed by atoms with Crippen LogP contribution in [0.15, 0.2) is 43.7 Å². The van der Waals surface area contributed by atoms with E-state index in [0.29, 0.717) is 27.5 Å². The Morgan fingerprint density at radius 3 is 2.35 bits per heavy atom. The summed E-state index contributed by atoms with van der Waals surface area (Å²) in [5.74, 6) is -3.53. The molecular weight excluding hydrogens is 763 g/mol. The maximum absolute atomic E-state index is 14.3. The number of rotatable bonds is 9. The van der Waals surface area contributed by atoms with Crippen LogP contribution in [0.2, 0.25) is 10.0 Å². The first-order chi connectivity index (χ1) is 23.1. The molecule has 5 rings (SSSR count). The maximum Gasteiger partial charge on any atom is 0.355 e. The van der Waals surface area contributed by atoms with Gasteiger partial charge in [-0.25, -0.2) is 27.8 Å². The third-order valence-corrected chi connectivity index (χ3v) is 9.89. The summed E-state index contributed by atoms with van der Waals surface area (Å²) in [4.78, 5) is 51.3. The van der Waals surface area contributed by atoms with Crippen molar-refractivity contribution < 1.29 is 37.0 Å². The van der Waals surface area contributed by atoms with E-state index in [1.54, 1.807) is 9.36 Å². The number of aromatic nitrogens is 5. The molecule has 0 amide bonds. The van der Waals surface area contributed by atoms with Crippen LogP contribution >= 0.6 is 57.9 Å². The number of alkyl halides is 3. The predicted octanol–water partition coefficient (Wildman–Crippen LogP) is 5.56. The van der Waals surface area contributed by atoms with Gasteiger partial charge in [0.05, 0.1) is 17.9 Å². The predicted molar refractivity (Wildman–Crippen MR) is 175 cm³/mol. The molecule has 0 bridgehead atoms. The molecule has 1 aliphatic heterocycles. The van der Waals surface area contributed by atoms with Gasteiger partial charge in [0.15, 0.2) is 5.82 Å². The lowest BCUT2D eigenvalue weighted by Crippen LogP contribution is -2.31. The number of carboxylic acids is 1. The zero-order valence-electron chi connectivity index (χ0n) is 25.3. The van der Waals surface area contributed by atoms with E-state index in [9.17, 15) is 36.7 Å². The highest BCUT2D eigenvalue weighted by Gasteiger charge is 2.23. The topological polar surface area (TPSA) is 143 Å². The summed E-state index contributed by atoms with van der Waals surface area (Å²) in [6.07, 6.45) is 1.64. The molecule has 12 nitrogen and oxygen atoms in total. The van der Waals surface area contributed by atoms with E-state index in [0.717, 1.165) is 61.1 Å². The normalized spacial score (nSPS) is 13.6. The van der Waals surface area contributed by atoms with Crippen LogP contribution in [0.4, 0.5) is 23.2 Å². The first kappa shape index (κ1) is 38.2. The number of thioether (sulfide) groups is 1. The van der Waals surface area contributed by atoms with Crippen molar-refractivity contribution in [3.05, 3.63) is 82.3 Å². The summed E-state index contributed by atoms with van der Waals surface area (Å²) in [5.41, 5.74) is -1.46. The number of carboxylic acid groups (broad SMARTS) is 1. The van der Waals surface area contributed by atoms with Gasteiger partial charge in [-0.05, 0) is 60.9 Å². The number of carbonyl (C=O) groups is 2. The molecule has 0 aliphatic carbocycles. The molecule has 0 spiro atoms. The lowest BCUT2D eigenvalue weighted by Gasteiger charge is -2.15. The SMILES string of the molecule is COC(=O)CSc1cc(/N=c2\sc(=O)n3n2CCCC3)c(F)cc1Cl.Cc1nn(-c2cc(CC(Cl)C(=O)O)c(Cl)cc2F)c(=O)n1C(F)F. The molecule has 1 aliphatic rings.